The summed E-state index contributed by atoms with van der Waals surface area (Å²) in [7, 11) is 1.86. The number of rotatable bonds is 4. The van der Waals surface area contributed by atoms with Crippen molar-refractivity contribution in [1.29, 1.82) is 0 Å². The summed E-state index contributed by atoms with van der Waals surface area (Å²) in [6, 6.07) is 0. The maximum atomic E-state index is 11.7. The Morgan fingerprint density at radius 2 is 2.31 bits per heavy atom. The van der Waals surface area contributed by atoms with Crippen LogP contribution in [0, 0.1) is 6.92 Å². The van der Waals surface area contributed by atoms with Crippen molar-refractivity contribution in [2.75, 3.05) is 0 Å². The first-order valence-electron chi connectivity index (χ1n) is 5.43. The maximum Gasteiger partial charge on any atom is 0.240 e. The SMILES string of the molecule is CCC(C)(N)C(=O)NCc1cn(C)nc1C. The van der Waals surface area contributed by atoms with Gasteiger partial charge in [0.1, 0.15) is 0 Å². The molecule has 1 rings (SSSR count). The number of nitrogens with one attached hydrogen (secondary N) is 1. The fraction of sp³-hybridized carbons (Fsp3) is 0.636. The molecule has 1 aromatic heterocycles. The van der Waals surface area contributed by atoms with Crippen molar-refractivity contribution in [3.8, 4) is 0 Å². The van der Waals surface area contributed by atoms with E-state index in [2.05, 4.69) is 10.4 Å². The largest absolute Gasteiger partial charge is 0.350 e. The van der Waals surface area contributed by atoms with E-state index in [4.69, 9.17) is 5.73 Å². The fourth-order valence-electron chi connectivity index (χ4n) is 1.36. The second kappa shape index (κ2) is 4.65. The van der Waals surface area contributed by atoms with Gasteiger partial charge in [-0.15, -0.1) is 0 Å². The zero-order valence-electron chi connectivity index (χ0n) is 10.4. The molecule has 90 valence electrons. The Bertz CT molecular complexity index is 381. The summed E-state index contributed by atoms with van der Waals surface area (Å²) < 4.78 is 1.73. The highest BCUT2D eigenvalue weighted by Crippen LogP contribution is 2.07. The van der Waals surface area contributed by atoms with Crippen LogP contribution in [0.1, 0.15) is 31.5 Å². The van der Waals surface area contributed by atoms with Crippen LogP contribution in [0.25, 0.3) is 0 Å². The Hall–Kier alpha value is -1.36. The summed E-state index contributed by atoms with van der Waals surface area (Å²) >= 11 is 0. The molecular weight excluding hydrogens is 204 g/mol. The molecule has 0 radical (unpaired) electrons. The molecule has 5 heteroatoms. The molecule has 0 fully saturated rings. The van der Waals surface area contributed by atoms with Crippen LogP contribution in [-0.2, 0) is 18.4 Å². The lowest BCUT2D eigenvalue weighted by molar-refractivity contribution is -0.126. The molecule has 1 unspecified atom stereocenters. The quantitative estimate of drug-likeness (QED) is 0.781. The van der Waals surface area contributed by atoms with E-state index in [0.717, 1.165) is 11.3 Å². The summed E-state index contributed by atoms with van der Waals surface area (Å²) in [5.41, 5.74) is 6.98. The molecule has 5 nitrogen and oxygen atoms in total. The van der Waals surface area contributed by atoms with Gasteiger partial charge >= 0.3 is 0 Å². The van der Waals surface area contributed by atoms with Crippen molar-refractivity contribution in [1.82, 2.24) is 15.1 Å². The van der Waals surface area contributed by atoms with E-state index in [-0.39, 0.29) is 5.91 Å². The van der Waals surface area contributed by atoms with Crippen LogP contribution >= 0.6 is 0 Å². The number of nitrogens with zero attached hydrogens (tertiary/aromatic N) is 2. The van der Waals surface area contributed by atoms with Gasteiger partial charge in [0.15, 0.2) is 0 Å². The molecule has 0 aromatic carbocycles. The Morgan fingerprint density at radius 3 is 2.75 bits per heavy atom. The summed E-state index contributed by atoms with van der Waals surface area (Å²) in [5.74, 6) is -0.127. The van der Waals surface area contributed by atoms with Crippen LogP contribution in [0.3, 0.4) is 0 Å². The van der Waals surface area contributed by atoms with Crippen LogP contribution in [0.4, 0.5) is 0 Å². The van der Waals surface area contributed by atoms with Crippen molar-refractivity contribution >= 4 is 5.91 Å². The molecule has 0 aliphatic carbocycles. The number of aryl methyl sites for hydroxylation is 2. The summed E-state index contributed by atoms with van der Waals surface area (Å²) in [4.78, 5) is 11.7. The first-order chi connectivity index (χ1) is 7.36. The number of aromatic nitrogens is 2. The zero-order valence-corrected chi connectivity index (χ0v) is 10.4. The summed E-state index contributed by atoms with van der Waals surface area (Å²) in [5, 5.41) is 7.03. The van der Waals surface area contributed by atoms with Crippen molar-refractivity contribution in [2.45, 2.75) is 39.3 Å². The molecule has 1 atom stereocenters. The minimum atomic E-state index is -0.796. The number of amides is 1. The van der Waals surface area contributed by atoms with E-state index in [1.165, 1.54) is 0 Å². The van der Waals surface area contributed by atoms with Gasteiger partial charge in [0.2, 0.25) is 5.91 Å². The van der Waals surface area contributed by atoms with E-state index in [1.807, 2.05) is 27.1 Å². The average Bonchev–Trinajstić information content (AvgIpc) is 2.53. The molecular formula is C11H20N4O. The van der Waals surface area contributed by atoms with Gasteiger partial charge in [-0.05, 0) is 20.3 Å². The third-order valence-electron chi connectivity index (χ3n) is 2.81. The average molecular weight is 224 g/mol. The van der Waals surface area contributed by atoms with E-state index < -0.39 is 5.54 Å². The lowest BCUT2D eigenvalue weighted by Crippen LogP contribution is -2.50. The molecule has 1 amide bonds. The number of nitrogens with two attached hydrogens (primary N) is 1. The van der Waals surface area contributed by atoms with Gasteiger partial charge in [-0.1, -0.05) is 6.92 Å². The van der Waals surface area contributed by atoms with Gasteiger partial charge in [-0.3, -0.25) is 9.48 Å². The van der Waals surface area contributed by atoms with Gasteiger partial charge in [0.25, 0.3) is 0 Å². The van der Waals surface area contributed by atoms with E-state index >= 15 is 0 Å². The highest BCUT2D eigenvalue weighted by Gasteiger charge is 2.25. The highest BCUT2D eigenvalue weighted by atomic mass is 16.2. The van der Waals surface area contributed by atoms with Crippen molar-refractivity contribution in [2.24, 2.45) is 12.8 Å². The lowest BCUT2D eigenvalue weighted by atomic mass is 9.99. The summed E-state index contributed by atoms with van der Waals surface area (Å²) in [6.45, 7) is 6.03. The molecule has 0 bridgehead atoms. The molecule has 1 aromatic rings. The van der Waals surface area contributed by atoms with Gasteiger partial charge in [0.05, 0.1) is 11.2 Å². The molecule has 0 aliphatic heterocycles. The Kier molecular flexibility index (Phi) is 3.70. The van der Waals surface area contributed by atoms with E-state index in [0.29, 0.717) is 13.0 Å². The summed E-state index contributed by atoms with van der Waals surface area (Å²) in [6.07, 6.45) is 2.51. The molecule has 0 aliphatic rings. The molecule has 3 N–H and O–H groups in total. The minimum absolute atomic E-state index is 0.127. The van der Waals surface area contributed by atoms with E-state index in [9.17, 15) is 4.79 Å². The molecule has 0 saturated carbocycles. The predicted molar refractivity (Wildman–Crippen MR) is 62.7 cm³/mol. The second-order valence-corrected chi connectivity index (χ2v) is 4.37. The van der Waals surface area contributed by atoms with Crippen LogP contribution in [-0.4, -0.2) is 21.2 Å². The fourth-order valence-corrected chi connectivity index (χ4v) is 1.36. The van der Waals surface area contributed by atoms with Gasteiger partial charge < -0.3 is 11.1 Å². The number of hydrogen-bond acceptors (Lipinski definition) is 3. The zero-order chi connectivity index (χ0) is 12.3. The standard InChI is InChI=1S/C11H20N4O/c1-5-11(3,12)10(16)13-6-9-7-15(4)14-8(9)2/h7H,5-6,12H2,1-4H3,(H,13,16). The first-order valence-corrected chi connectivity index (χ1v) is 5.43. The normalized spacial score (nSPS) is 14.6. The Balaban J connectivity index is 2.59. The van der Waals surface area contributed by atoms with Gasteiger partial charge in [-0.2, -0.15) is 5.10 Å². The number of carbonyl (C=O) groups is 1. The number of carbonyl (C=O) groups excluding carboxylic acids is 1. The second-order valence-electron chi connectivity index (χ2n) is 4.37. The topological polar surface area (TPSA) is 72.9 Å². The number of hydrogen-bond donors (Lipinski definition) is 2. The van der Waals surface area contributed by atoms with Crippen LogP contribution < -0.4 is 11.1 Å². The smallest absolute Gasteiger partial charge is 0.240 e. The Labute approximate surface area is 96.0 Å². The Morgan fingerprint density at radius 1 is 1.69 bits per heavy atom. The van der Waals surface area contributed by atoms with Crippen LogP contribution in [0.2, 0.25) is 0 Å². The molecule has 0 spiro atoms. The predicted octanol–water partition coefficient (Wildman–Crippen LogP) is 0.472. The third-order valence-corrected chi connectivity index (χ3v) is 2.81. The van der Waals surface area contributed by atoms with E-state index in [1.54, 1.807) is 11.6 Å². The lowest BCUT2D eigenvalue weighted by Gasteiger charge is -2.21. The minimum Gasteiger partial charge on any atom is -0.350 e. The van der Waals surface area contributed by atoms with Gasteiger partial charge in [-0.25, -0.2) is 0 Å². The highest BCUT2D eigenvalue weighted by molar-refractivity contribution is 5.85. The van der Waals surface area contributed by atoms with Gasteiger partial charge in [0, 0.05) is 25.4 Å². The maximum absolute atomic E-state index is 11.7. The monoisotopic (exact) mass is 224 g/mol. The molecule has 1 heterocycles. The third kappa shape index (κ3) is 2.82. The van der Waals surface area contributed by atoms with Crippen molar-refractivity contribution < 1.29 is 4.79 Å². The molecule has 0 saturated heterocycles. The van der Waals surface area contributed by atoms with Crippen molar-refractivity contribution in [3.05, 3.63) is 17.5 Å². The molecule has 16 heavy (non-hydrogen) atoms. The first kappa shape index (κ1) is 12.7. The van der Waals surface area contributed by atoms with Crippen LogP contribution in [0.5, 0.6) is 0 Å². The van der Waals surface area contributed by atoms with Crippen molar-refractivity contribution in [3.63, 3.8) is 0 Å². The van der Waals surface area contributed by atoms with Crippen LogP contribution in [0.15, 0.2) is 6.20 Å².